The van der Waals surface area contributed by atoms with Crippen LogP contribution in [-0.2, 0) is 0 Å². The lowest BCUT2D eigenvalue weighted by Gasteiger charge is -2.12. The maximum atomic E-state index is 9.69. The molecule has 1 heterocycles. The van der Waals surface area contributed by atoms with Crippen LogP contribution in [0.5, 0.6) is 0 Å². The van der Waals surface area contributed by atoms with Crippen LogP contribution >= 0.6 is 34.9 Å². The Bertz CT molecular complexity index is 306. The monoisotopic (exact) mass is 279 g/mol. The van der Waals surface area contributed by atoms with Gasteiger partial charge in [0.1, 0.15) is 0 Å². The van der Waals surface area contributed by atoms with E-state index in [2.05, 4.69) is 29.4 Å². The van der Waals surface area contributed by atoms with Crippen LogP contribution in [-0.4, -0.2) is 46.0 Å². The molecular formula is C9H17N3OS3. The Morgan fingerprint density at radius 2 is 2.06 bits per heavy atom. The van der Waals surface area contributed by atoms with Gasteiger partial charge in [0.05, 0.1) is 6.10 Å². The van der Waals surface area contributed by atoms with E-state index >= 15 is 0 Å². The summed E-state index contributed by atoms with van der Waals surface area (Å²) in [6.45, 7) is 4.75. The van der Waals surface area contributed by atoms with Gasteiger partial charge in [-0.25, -0.2) is 0 Å². The van der Waals surface area contributed by atoms with E-state index in [1.165, 1.54) is 0 Å². The predicted molar refractivity (Wildman–Crippen MR) is 71.6 cm³/mol. The summed E-state index contributed by atoms with van der Waals surface area (Å²) < 4.78 is 1.89. The van der Waals surface area contributed by atoms with E-state index < -0.39 is 0 Å². The second-order valence-corrected chi connectivity index (χ2v) is 6.86. The molecule has 92 valence electrons. The van der Waals surface area contributed by atoms with Crippen molar-refractivity contribution in [3.63, 3.8) is 0 Å². The number of thioether (sulfide) groups is 2. The molecule has 0 bridgehead atoms. The molecule has 1 unspecified atom stereocenters. The van der Waals surface area contributed by atoms with Gasteiger partial charge in [0, 0.05) is 18.3 Å². The molecule has 0 aliphatic heterocycles. The summed E-state index contributed by atoms with van der Waals surface area (Å²) in [5, 5.41) is 20.9. The zero-order chi connectivity index (χ0) is 12.0. The lowest BCUT2D eigenvalue weighted by Crippen LogP contribution is -2.33. The molecule has 1 rings (SSSR count). The lowest BCUT2D eigenvalue weighted by atomic mass is 10.3. The molecule has 0 spiro atoms. The van der Waals surface area contributed by atoms with E-state index in [9.17, 15) is 5.11 Å². The zero-order valence-corrected chi connectivity index (χ0v) is 12.1. The zero-order valence-electron chi connectivity index (χ0n) is 9.64. The second kappa shape index (κ2) is 7.50. The summed E-state index contributed by atoms with van der Waals surface area (Å²) in [6.07, 6.45) is 1.64. The third-order valence-corrected chi connectivity index (χ3v) is 4.90. The SMILES string of the molecule is CSc1nnc(SCC(O)CNC(C)C)s1. The molecule has 0 amide bonds. The van der Waals surface area contributed by atoms with E-state index in [4.69, 9.17) is 0 Å². The fourth-order valence-corrected chi connectivity index (χ4v) is 3.33. The maximum absolute atomic E-state index is 9.69. The first kappa shape index (κ1) is 14.2. The largest absolute Gasteiger partial charge is 0.391 e. The number of nitrogens with zero attached hydrogens (tertiary/aromatic N) is 2. The van der Waals surface area contributed by atoms with E-state index in [0.717, 1.165) is 8.68 Å². The normalized spacial score (nSPS) is 13.3. The van der Waals surface area contributed by atoms with Gasteiger partial charge in [0.2, 0.25) is 0 Å². The summed E-state index contributed by atoms with van der Waals surface area (Å²) in [4.78, 5) is 0. The van der Waals surface area contributed by atoms with Crippen molar-refractivity contribution >= 4 is 34.9 Å². The number of hydrogen-bond acceptors (Lipinski definition) is 7. The van der Waals surface area contributed by atoms with Gasteiger partial charge in [-0.2, -0.15) is 0 Å². The van der Waals surface area contributed by atoms with Crippen LogP contribution in [0, 0.1) is 0 Å². The van der Waals surface area contributed by atoms with Crippen LogP contribution in [0.1, 0.15) is 13.8 Å². The van der Waals surface area contributed by atoms with Gasteiger partial charge in [-0.05, 0) is 6.26 Å². The van der Waals surface area contributed by atoms with Crippen LogP contribution in [0.2, 0.25) is 0 Å². The minimum atomic E-state index is -0.339. The van der Waals surface area contributed by atoms with Gasteiger partial charge >= 0.3 is 0 Å². The van der Waals surface area contributed by atoms with Crippen LogP contribution < -0.4 is 5.32 Å². The molecule has 0 aliphatic carbocycles. The van der Waals surface area contributed by atoms with Crippen LogP contribution in [0.3, 0.4) is 0 Å². The molecule has 0 radical (unpaired) electrons. The van der Waals surface area contributed by atoms with Crippen molar-refractivity contribution < 1.29 is 5.11 Å². The van der Waals surface area contributed by atoms with Crippen molar-refractivity contribution in [2.24, 2.45) is 0 Å². The molecule has 0 aromatic carbocycles. The van der Waals surface area contributed by atoms with Crippen molar-refractivity contribution in [2.75, 3.05) is 18.6 Å². The van der Waals surface area contributed by atoms with E-state index in [0.29, 0.717) is 18.3 Å². The fourth-order valence-electron chi connectivity index (χ4n) is 0.936. The molecule has 2 N–H and O–H groups in total. The number of aliphatic hydroxyl groups is 1. The number of aromatic nitrogens is 2. The Labute approximate surface area is 109 Å². The molecule has 7 heteroatoms. The van der Waals surface area contributed by atoms with Gasteiger partial charge in [-0.15, -0.1) is 10.2 Å². The Kier molecular flexibility index (Phi) is 6.67. The number of rotatable bonds is 7. The van der Waals surface area contributed by atoms with E-state index in [1.807, 2.05) is 6.26 Å². The van der Waals surface area contributed by atoms with Crippen molar-refractivity contribution in [2.45, 2.75) is 34.7 Å². The molecule has 1 atom stereocenters. The predicted octanol–water partition coefficient (Wildman–Crippen LogP) is 1.71. The second-order valence-electron chi connectivity index (χ2n) is 3.57. The Hall–Kier alpha value is 0.180. The first-order valence-corrected chi connectivity index (χ1v) is 8.06. The Morgan fingerprint density at radius 3 is 2.62 bits per heavy atom. The van der Waals surface area contributed by atoms with Gasteiger partial charge in [-0.1, -0.05) is 48.7 Å². The highest BCUT2D eigenvalue weighted by atomic mass is 32.2. The average molecular weight is 279 g/mol. The highest BCUT2D eigenvalue weighted by Gasteiger charge is 2.09. The van der Waals surface area contributed by atoms with Crippen LogP contribution in [0.25, 0.3) is 0 Å². The first-order chi connectivity index (χ1) is 7.61. The van der Waals surface area contributed by atoms with Gasteiger partial charge < -0.3 is 10.4 Å². The summed E-state index contributed by atoms with van der Waals surface area (Å²) in [5.74, 6) is 0.655. The summed E-state index contributed by atoms with van der Waals surface area (Å²) in [7, 11) is 0. The Balaban J connectivity index is 2.23. The van der Waals surface area contributed by atoms with Gasteiger partial charge in [0.25, 0.3) is 0 Å². The standard InChI is InChI=1S/C9H17N3OS3/c1-6(2)10-4-7(13)5-15-9-12-11-8(14-3)16-9/h6-7,10,13H,4-5H2,1-3H3. The van der Waals surface area contributed by atoms with Crippen LogP contribution in [0.15, 0.2) is 8.68 Å². The summed E-state index contributed by atoms with van der Waals surface area (Å²) >= 11 is 4.72. The highest BCUT2D eigenvalue weighted by Crippen LogP contribution is 2.27. The van der Waals surface area contributed by atoms with Gasteiger partial charge in [0.15, 0.2) is 8.68 Å². The molecular weight excluding hydrogens is 262 g/mol. The number of hydrogen-bond donors (Lipinski definition) is 2. The molecule has 1 aromatic heterocycles. The average Bonchev–Trinajstić information content (AvgIpc) is 2.71. The summed E-state index contributed by atoms with van der Waals surface area (Å²) in [5.41, 5.74) is 0. The minimum absolute atomic E-state index is 0.339. The third-order valence-electron chi connectivity index (χ3n) is 1.72. The third kappa shape index (κ3) is 5.49. The smallest absolute Gasteiger partial charge is 0.175 e. The molecule has 4 nitrogen and oxygen atoms in total. The van der Waals surface area contributed by atoms with Crippen molar-refractivity contribution in [3.05, 3.63) is 0 Å². The minimum Gasteiger partial charge on any atom is -0.391 e. The molecule has 0 saturated heterocycles. The molecule has 1 aromatic rings. The fraction of sp³-hybridized carbons (Fsp3) is 0.778. The first-order valence-electron chi connectivity index (χ1n) is 5.03. The molecule has 0 saturated carbocycles. The molecule has 0 fully saturated rings. The topological polar surface area (TPSA) is 58.0 Å². The van der Waals surface area contributed by atoms with E-state index in [1.54, 1.807) is 34.9 Å². The molecule has 16 heavy (non-hydrogen) atoms. The quantitative estimate of drug-likeness (QED) is 0.741. The van der Waals surface area contributed by atoms with E-state index in [-0.39, 0.29) is 6.10 Å². The van der Waals surface area contributed by atoms with Crippen molar-refractivity contribution in [1.82, 2.24) is 15.5 Å². The Morgan fingerprint density at radius 1 is 1.38 bits per heavy atom. The highest BCUT2D eigenvalue weighted by molar-refractivity contribution is 8.02. The van der Waals surface area contributed by atoms with Gasteiger partial charge in [-0.3, -0.25) is 0 Å². The molecule has 0 aliphatic rings. The number of aliphatic hydroxyl groups excluding tert-OH is 1. The van der Waals surface area contributed by atoms with Crippen molar-refractivity contribution in [3.8, 4) is 0 Å². The summed E-state index contributed by atoms with van der Waals surface area (Å²) in [6, 6.07) is 0.407. The lowest BCUT2D eigenvalue weighted by molar-refractivity contribution is 0.192. The van der Waals surface area contributed by atoms with Crippen molar-refractivity contribution in [1.29, 1.82) is 0 Å². The maximum Gasteiger partial charge on any atom is 0.175 e. The van der Waals surface area contributed by atoms with Crippen LogP contribution in [0.4, 0.5) is 0 Å². The number of nitrogens with one attached hydrogen (secondary N) is 1.